The normalized spacial score (nSPS) is 11.8. The summed E-state index contributed by atoms with van der Waals surface area (Å²) in [5.41, 5.74) is 14.6. The fourth-order valence-corrected chi connectivity index (χ4v) is 18.1. The Bertz CT molecular complexity index is 5560. The van der Waals surface area contributed by atoms with E-state index in [9.17, 15) is 36.6 Å². The minimum Gasteiger partial charge on any atom is -0.348 e. The predicted octanol–water partition coefficient (Wildman–Crippen LogP) is 20.5. The van der Waals surface area contributed by atoms with E-state index in [-0.39, 0.29) is 68.1 Å². The lowest BCUT2D eigenvalue weighted by atomic mass is 9.86. The number of aromatic nitrogens is 8. The van der Waals surface area contributed by atoms with Gasteiger partial charge in [-0.15, -0.1) is 56.7 Å². The number of rotatable bonds is 21. The topological polar surface area (TPSA) is 344 Å². The summed E-state index contributed by atoms with van der Waals surface area (Å²) >= 11 is 7.56. The molecular weight excluding hydrogens is 1770 g/mol. The largest absolute Gasteiger partial charge is 0.348 e. The zero-order valence-electron chi connectivity index (χ0n) is 78.0. The summed E-state index contributed by atoms with van der Waals surface area (Å²) in [5, 5.41) is 21.9. The number of carbonyl (C=O) groups excluding carboxylic acids is 5. The van der Waals surface area contributed by atoms with E-state index >= 15 is 0 Å². The maximum atomic E-state index is 12.2. The number of pyridine rings is 5. The molecule has 1 unspecified atom stereocenters. The van der Waals surface area contributed by atoms with Crippen LogP contribution < -0.4 is 36.2 Å². The molecule has 0 bridgehead atoms. The number of thiazole rings is 1. The lowest BCUT2D eigenvalue weighted by molar-refractivity contribution is 0.0705. The molecule has 0 aliphatic heterocycles. The van der Waals surface area contributed by atoms with E-state index in [1.807, 2.05) is 121 Å². The van der Waals surface area contributed by atoms with Gasteiger partial charge in [0.05, 0.1) is 39.7 Å². The monoisotopic (exact) mass is 1890 g/mol. The van der Waals surface area contributed by atoms with E-state index < -0.39 is 26.9 Å². The van der Waals surface area contributed by atoms with Gasteiger partial charge in [0.2, 0.25) is 10.0 Å². The number of hydrogen-bond acceptors (Lipinski definition) is 22. The Balaban J connectivity index is 0.000000208. The van der Waals surface area contributed by atoms with E-state index in [1.165, 1.54) is 60.5 Å². The minimum atomic E-state index is -3.45. The van der Waals surface area contributed by atoms with Gasteiger partial charge in [-0.05, 0) is 210 Å². The first-order valence-corrected chi connectivity index (χ1v) is 48.9. The molecule has 130 heavy (non-hydrogen) atoms. The molecule has 2 aromatic carbocycles. The molecular formula is C99H123N15O9S7. The Morgan fingerprint density at radius 2 is 0.738 bits per heavy atom. The molecule has 1 atom stereocenters. The van der Waals surface area contributed by atoms with Crippen molar-refractivity contribution >= 4 is 107 Å². The third-order valence-corrected chi connectivity index (χ3v) is 29.0. The van der Waals surface area contributed by atoms with Crippen LogP contribution in [0.25, 0.3) is 0 Å². The van der Waals surface area contributed by atoms with Gasteiger partial charge in [-0.25, -0.2) is 42.5 Å². The highest BCUT2D eigenvalue weighted by Gasteiger charge is 2.26. The number of hydroxylamine groups is 1. The molecule has 0 fully saturated rings. The molecule has 8 N–H and O–H groups in total. The predicted molar refractivity (Wildman–Crippen MR) is 528 cm³/mol. The van der Waals surface area contributed by atoms with Gasteiger partial charge in [0, 0.05) is 124 Å². The Morgan fingerprint density at radius 3 is 1.12 bits per heavy atom. The molecule has 690 valence electrons. The van der Waals surface area contributed by atoms with Crippen molar-refractivity contribution in [2.24, 2.45) is 0 Å². The van der Waals surface area contributed by atoms with Gasteiger partial charge in [0.15, 0.2) is 0 Å². The maximum Gasteiger partial charge on any atom is 0.274 e. The first-order valence-electron chi connectivity index (χ1n) is 42.1. The van der Waals surface area contributed by atoms with Gasteiger partial charge in [0.1, 0.15) is 31.4 Å². The fourth-order valence-electron chi connectivity index (χ4n) is 11.0. The van der Waals surface area contributed by atoms with Gasteiger partial charge < -0.3 is 21.3 Å². The molecule has 31 heteroatoms. The summed E-state index contributed by atoms with van der Waals surface area (Å²) < 4.78 is 43.5. The van der Waals surface area contributed by atoms with Crippen LogP contribution in [0, 0.1) is 0 Å². The van der Waals surface area contributed by atoms with Crippen LogP contribution in [0.5, 0.6) is 0 Å². The molecule has 11 heterocycles. The van der Waals surface area contributed by atoms with Crippen molar-refractivity contribution in [2.75, 3.05) is 0 Å². The lowest BCUT2D eigenvalue weighted by Crippen LogP contribution is -2.24. The standard InChI is InChI=1S/C17H20N2O.C16H19N3O.C14H17N3OS.C14H18N2O2S2.C14H18N2OS2.C13H16N2OS2.C11H15NO2/c1-17(2,3)15-6-4-14(5-7-15)16(20)19-12-13-8-10-18-11-9-13;1-16(2,3)13-4-5-14(18-11-13)15(20)19-10-12-6-8-17-9-7-12;1-14(2,3)12-5-4-11(19-12)13(18)16-8-10-6-7-15-9-17-10;1-14(2,3)12-4-5-13(19-12)20(17,18)16-10-11-6-8-15-9-7-11;1-14(2,3)12-4-5-13(18-12)19(17)16-10-11-6-8-15-9-7-11;1-13(2,3)11-5-4-10(18-11)12(16)14-6-9-7-17-8-15-9;1-11(2,3)9-6-4-8(5-7-9)10(13)12-14/h4-11H,12H2,1-3H3,(H,19,20);4-9,11H,10H2,1-3H3,(H,19,20);4-7,9H,8H2,1-3H3,(H,16,18);4-9,16H,10H2,1-3H3;4-9,16H,10H2,1-3H3;4-5,7-8H,6H2,1-3H3,(H,14,16);4-7,14H,1-3H3,(H,12,13). The van der Waals surface area contributed by atoms with Gasteiger partial charge in [-0.2, -0.15) is 0 Å². The van der Waals surface area contributed by atoms with E-state index in [0.717, 1.165) is 63.6 Å². The zero-order chi connectivity index (χ0) is 95.7. The van der Waals surface area contributed by atoms with Crippen LogP contribution in [0.15, 0.2) is 251 Å². The van der Waals surface area contributed by atoms with Crippen LogP contribution >= 0.6 is 56.7 Å². The number of hydrogen-bond donors (Lipinski definition) is 8. The van der Waals surface area contributed by atoms with Crippen molar-refractivity contribution in [1.29, 1.82) is 0 Å². The lowest BCUT2D eigenvalue weighted by Gasteiger charge is -2.19. The van der Waals surface area contributed by atoms with E-state index in [1.54, 1.807) is 138 Å². The van der Waals surface area contributed by atoms with E-state index in [4.69, 9.17) is 5.21 Å². The number of carbonyl (C=O) groups is 5. The average molecular weight is 1890 g/mol. The maximum absolute atomic E-state index is 12.2. The summed E-state index contributed by atoms with van der Waals surface area (Å²) in [6.45, 7) is 47.5. The average Bonchev–Trinajstić information content (AvgIpc) is 1.73. The number of nitrogens with one attached hydrogen (secondary N) is 7. The molecule has 0 aliphatic rings. The Kier molecular flexibility index (Phi) is 40.2. The quantitative estimate of drug-likeness (QED) is 0.0245. The summed E-state index contributed by atoms with van der Waals surface area (Å²) in [6.07, 6.45) is 18.5. The van der Waals surface area contributed by atoms with Crippen molar-refractivity contribution in [3.63, 3.8) is 0 Å². The minimum absolute atomic E-state index is 0.0245. The van der Waals surface area contributed by atoms with Crippen molar-refractivity contribution in [3.8, 4) is 0 Å². The van der Waals surface area contributed by atoms with Crippen molar-refractivity contribution in [2.45, 2.75) is 231 Å². The van der Waals surface area contributed by atoms with Gasteiger partial charge in [-0.1, -0.05) is 176 Å². The van der Waals surface area contributed by atoms with Gasteiger partial charge in [-0.3, -0.25) is 54.1 Å². The SMILES string of the molecule is CC(C)(C)c1ccc(C(=O)NCc2ccncc2)cc1.CC(C)(C)c1ccc(C(=O)NCc2ccncc2)nc1.CC(C)(C)c1ccc(C(=O)NCc2ccncn2)s1.CC(C)(C)c1ccc(C(=O)NCc2cscn2)s1.CC(C)(C)c1ccc(C(=O)NO)cc1.CC(C)(C)c1ccc(S(=O)(=O)NCc2ccncc2)s1.CC(C)(C)c1ccc(S(=O)NCc2ccncc2)s1. The Morgan fingerprint density at radius 1 is 0.354 bits per heavy atom. The molecule has 13 rings (SSSR count). The van der Waals surface area contributed by atoms with Crippen LogP contribution in [0.2, 0.25) is 0 Å². The second kappa shape index (κ2) is 49.3. The van der Waals surface area contributed by atoms with Gasteiger partial charge in [0.25, 0.3) is 29.5 Å². The van der Waals surface area contributed by atoms with E-state index in [2.05, 4.69) is 222 Å². The number of thiophene rings is 4. The summed E-state index contributed by atoms with van der Waals surface area (Å²) in [4.78, 5) is 97.3. The number of benzene rings is 2. The van der Waals surface area contributed by atoms with Crippen LogP contribution in [-0.2, 0) is 98.2 Å². The molecule has 24 nitrogen and oxygen atoms in total. The fraction of sp³-hybridized carbons (Fsp3) is 0.343. The molecule has 0 aliphatic carbocycles. The number of nitrogens with zero attached hydrogens (tertiary/aromatic N) is 8. The number of sulfonamides is 1. The van der Waals surface area contributed by atoms with Crippen molar-refractivity contribution in [1.82, 2.24) is 76.1 Å². The summed E-state index contributed by atoms with van der Waals surface area (Å²) in [7, 11) is -4.60. The highest BCUT2D eigenvalue weighted by Crippen LogP contribution is 2.35. The smallest absolute Gasteiger partial charge is 0.274 e. The molecule has 5 amide bonds. The number of amides is 5. The Hall–Kier alpha value is -11.0. The second-order valence-corrected chi connectivity index (χ2v) is 45.7. The molecule has 0 saturated carbocycles. The summed E-state index contributed by atoms with van der Waals surface area (Å²) in [6, 6.07) is 50.8. The second-order valence-electron chi connectivity index (χ2n) is 37.1. The molecule has 0 spiro atoms. The van der Waals surface area contributed by atoms with Crippen LogP contribution in [0.3, 0.4) is 0 Å². The molecule has 11 aromatic heterocycles. The van der Waals surface area contributed by atoms with Gasteiger partial charge >= 0.3 is 0 Å². The highest BCUT2D eigenvalue weighted by atomic mass is 32.2. The third-order valence-electron chi connectivity index (χ3n) is 19.0. The zero-order valence-corrected chi connectivity index (χ0v) is 83.7. The highest BCUT2D eigenvalue weighted by molar-refractivity contribution is 7.91. The Labute approximate surface area is 789 Å². The molecule has 0 radical (unpaired) electrons. The van der Waals surface area contributed by atoms with Crippen LogP contribution in [0.1, 0.15) is 266 Å². The molecule has 0 saturated heterocycles. The van der Waals surface area contributed by atoms with Crippen molar-refractivity contribution < 1.29 is 41.8 Å². The summed E-state index contributed by atoms with van der Waals surface area (Å²) in [5.74, 6) is -0.780. The van der Waals surface area contributed by atoms with Crippen LogP contribution in [-0.4, -0.2) is 87.2 Å². The van der Waals surface area contributed by atoms with Crippen LogP contribution in [0.4, 0.5) is 0 Å². The first-order chi connectivity index (χ1) is 61.1. The van der Waals surface area contributed by atoms with Crippen molar-refractivity contribution in [3.05, 3.63) is 339 Å². The van der Waals surface area contributed by atoms with E-state index in [0.29, 0.717) is 53.8 Å². The molecule has 13 aromatic rings. The first kappa shape index (κ1) is 106. The third kappa shape index (κ3) is 36.8.